The minimum atomic E-state index is -0.319. The van der Waals surface area contributed by atoms with Crippen molar-refractivity contribution in [3.8, 4) is 17.2 Å². The quantitative estimate of drug-likeness (QED) is 0.381. The third-order valence-corrected chi connectivity index (χ3v) is 3.69. The van der Waals surface area contributed by atoms with Crippen molar-refractivity contribution in [1.29, 1.82) is 0 Å². The van der Waals surface area contributed by atoms with Gasteiger partial charge < -0.3 is 19.8 Å². The predicted molar refractivity (Wildman–Crippen MR) is 102 cm³/mol. The van der Waals surface area contributed by atoms with Crippen molar-refractivity contribution in [2.24, 2.45) is 4.99 Å². The van der Waals surface area contributed by atoms with Crippen molar-refractivity contribution in [3.05, 3.63) is 72.4 Å². The van der Waals surface area contributed by atoms with Crippen LogP contribution in [0.3, 0.4) is 0 Å². The van der Waals surface area contributed by atoms with Gasteiger partial charge in [-0.3, -0.25) is 4.99 Å². The summed E-state index contributed by atoms with van der Waals surface area (Å²) in [6.45, 7) is 1.37. The molecule has 0 aliphatic heterocycles. The van der Waals surface area contributed by atoms with Gasteiger partial charge in [0.05, 0.1) is 18.8 Å². The summed E-state index contributed by atoms with van der Waals surface area (Å²) in [5.74, 6) is 1.37. The van der Waals surface area contributed by atoms with Crippen LogP contribution >= 0.6 is 0 Å². The van der Waals surface area contributed by atoms with Gasteiger partial charge in [-0.2, -0.15) is 0 Å². The second-order valence-electron chi connectivity index (χ2n) is 5.67. The molecular weight excluding hydrogens is 347 g/mol. The molecular formula is C20H21FN4O2. The molecule has 0 saturated carbocycles. The molecule has 1 heterocycles. The van der Waals surface area contributed by atoms with Gasteiger partial charge in [-0.05, 0) is 24.3 Å². The Morgan fingerprint density at radius 1 is 1.15 bits per heavy atom. The summed E-state index contributed by atoms with van der Waals surface area (Å²) < 4.78 is 24.1. The Morgan fingerprint density at radius 2 is 2.00 bits per heavy atom. The van der Waals surface area contributed by atoms with E-state index in [0.29, 0.717) is 37.3 Å². The maximum absolute atomic E-state index is 13.1. The molecule has 0 spiro atoms. The van der Waals surface area contributed by atoms with Crippen LogP contribution in [-0.2, 0) is 6.54 Å². The number of hydrogen-bond donors (Lipinski definition) is 2. The van der Waals surface area contributed by atoms with Gasteiger partial charge in [0.2, 0.25) is 5.89 Å². The zero-order valence-corrected chi connectivity index (χ0v) is 15.0. The fourth-order valence-corrected chi connectivity index (χ4v) is 2.39. The lowest BCUT2D eigenvalue weighted by molar-refractivity contribution is 0.320. The van der Waals surface area contributed by atoms with E-state index in [-0.39, 0.29) is 5.82 Å². The highest BCUT2D eigenvalue weighted by molar-refractivity contribution is 5.79. The zero-order chi connectivity index (χ0) is 18.9. The Kier molecular flexibility index (Phi) is 6.40. The second-order valence-corrected chi connectivity index (χ2v) is 5.67. The molecule has 0 radical (unpaired) electrons. The summed E-state index contributed by atoms with van der Waals surface area (Å²) in [7, 11) is 1.68. The van der Waals surface area contributed by atoms with Gasteiger partial charge in [0.15, 0.2) is 5.96 Å². The van der Waals surface area contributed by atoms with Gasteiger partial charge >= 0.3 is 0 Å². The van der Waals surface area contributed by atoms with Gasteiger partial charge in [-0.15, -0.1) is 0 Å². The molecule has 0 bridgehead atoms. The van der Waals surface area contributed by atoms with Crippen molar-refractivity contribution >= 4 is 5.96 Å². The fourth-order valence-electron chi connectivity index (χ4n) is 2.39. The standard InChI is InChI=1S/C20H21FN4O2/c1-22-20(23-10-11-26-18-9-5-8-16(21)12-18)24-13-17-14-27-19(25-17)15-6-3-2-4-7-15/h2-9,12,14H,10-11,13H2,1H3,(H2,22,23,24). The van der Waals surface area contributed by atoms with Gasteiger partial charge in [-0.1, -0.05) is 24.3 Å². The first-order chi connectivity index (χ1) is 13.2. The van der Waals surface area contributed by atoms with E-state index in [1.165, 1.54) is 12.1 Å². The van der Waals surface area contributed by atoms with Crippen molar-refractivity contribution < 1.29 is 13.5 Å². The summed E-state index contributed by atoms with van der Waals surface area (Å²) in [6, 6.07) is 15.8. The molecule has 0 fully saturated rings. The molecule has 3 rings (SSSR count). The van der Waals surface area contributed by atoms with Crippen molar-refractivity contribution in [2.75, 3.05) is 20.2 Å². The lowest BCUT2D eigenvalue weighted by atomic mass is 10.2. The first-order valence-corrected chi connectivity index (χ1v) is 8.57. The summed E-state index contributed by atoms with van der Waals surface area (Å²) in [4.78, 5) is 8.61. The number of rotatable bonds is 7. The number of benzene rings is 2. The van der Waals surface area contributed by atoms with Crippen LogP contribution in [0.1, 0.15) is 5.69 Å². The van der Waals surface area contributed by atoms with Crippen molar-refractivity contribution in [3.63, 3.8) is 0 Å². The highest BCUT2D eigenvalue weighted by Gasteiger charge is 2.07. The molecule has 3 aromatic rings. The van der Waals surface area contributed by atoms with Crippen molar-refractivity contribution in [2.45, 2.75) is 6.54 Å². The van der Waals surface area contributed by atoms with Crippen LogP contribution in [0.5, 0.6) is 5.75 Å². The number of guanidine groups is 1. The number of aromatic nitrogens is 1. The Labute approximate surface area is 157 Å². The lowest BCUT2D eigenvalue weighted by Crippen LogP contribution is -2.38. The molecule has 27 heavy (non-hydrogen) atoms. The number of aliphatic imine (C=N–C) groups is 1. The summed E-state index contributed by atoms with van der Waals surface area (Å²) >= 11 is 0. The molecule has 1 aromatic heterocycles. The maximum Gasteiger partial charge on any atom is 0.226 e. The Bertz CT molecular complexity index is 880. The Hall–Kier alpha value is -3.35. The minimum absolute atomic E-state index is 0.319. The number of nitrogens with one attached hydrogen (secondary N) is 2. The van der Waals surface area contributed by atoms with Crippen LogP contribution in [0.4, 0.5) is 4.39 Å². The number of halogens is 1. The van der Waals surface area contributed by atoms with Crippen LogP contribution in [0.2, 0.25) is 0 Å². The van der Waals surface area contributed by atoms with E-state index in [9.17, 15) is 4.39 Å². The third-order valence-electron chi connectivity index (χ3n) is 3.69. The minimum Gasteiger partial charge on any atom is -0.492 e. The molecule has 2 N–H and O–H groups in total. The summed E-state index contributed by atoms with van der Waals surface area (Å²) in [5.41, 5.74) is 1.70. The molecule has 2 aromatic carbocycles. The van der Waals surface area contributed by atoms with Crippen molar-refractivity contribution in [1.82, 2.24) is 15.6 Å². The van der Waals surface area contributed by atoms with E-state index < -0.39 is 0 Å². The molecule has 0 atom stereocenters. The predicted octanol–water partition coefficient (Wildman–Crippen LogP) is 3.22. The van der Waals surface area contributed by atoms with Gasteiger partial charge in [0, 0.05) is 18.7 Å². The fraction of sp³-hybridized carbons (Fsp3) is 0.200. The largest absolute Gasteiger partial charge is 0.492 e. The second kappa shape index (κ2) is 9.38. The Morgan fingerprint density at radius 3 is 2.78 bits per heavy atom. The Balaban J connectivity index is 1.42. The topological polar surface area (TPSA) is 71.7 Å². The van der Waals surface area contributed by atoms with E-state index in [4.69, 9.17) is 9.15 Å². The smallest absolute Gasteiger partial charge is 0.226 e. The summed E-state index contributed by atoms with van der Waals surface area (Å²) in [6.07, 6.45) is 1.62. The SMILES string of the molecule is CN=C(NCCOc1cccc(F)c1)NCc1coc(-c2ccccc2)n1. The number of ether oxygens (including phenoxy) is 1. The number of oxazole rings is 1. The zero-order valence-electron chi connectivity index (χ0n) is 15.0. The molecule has 0 saturated heterocycles. The monoisotopic (exact) mass is 368 g/mol. The molecule has 6 nitrogen and oxygen atoms in total. The molecule has 0 unspecified atom stereocenters. The molecule has 0 aliphatic rings. The lowest BCUT2D eigenvalue weighted by Gasteiger charge is -2.11. The normalized spacial score (nSPS) is 11.3. The van der Waals surface area contributed by atoms with Gasteiger partial charge in [0.1, 0.15) is 24.4 Å². The number of nitrogens with zero attached hydrogens (tertiary/aromatic N) is 2. The average molecular weight is 368 g/mol. The highest BCUT2D eigenvalue weighted by atomic mass is 19.1. The maximum atomic E-state index is 13.1. The van der Waals surface area contributed by atoms with E-state index in [1.54, 1.807) is 25.4 Å². The first kappa shape index (κ1) is 18.4. The van der Waals surface area contributed by atoms with Crippen LogP contribution in [0, 0.1) is 5.82 Å². The van der Waals surface area contributed by atoms with Gasteiger partial charge in [-0.25, -0.2) is 9.37 Å². The number of hydrogen-bond acceptors (Lipinski definition) is 4. The van der Waals surface area contributed by atoms with E-state index in [2.05, 4.69) is 20.6 Å². The highest BCUT2D eigenvalue weighted by Crippen LogP contribution is 2.17. The van der Waals surface area contributed by atoms with Gasteiger partial charge in [0.25, 0.3) is 0 Å². The average Bonchev–Trinajstić information content (AvgIpc) is 3.17. The van der Waals surface area contributed by atoms with E-state index >= 15 is 0 Å². The van der Waals surface area contributed by atoms with Crippen LogP contribution in [-0.4, -0.2) is 31.1 Å². The molecule has 7 heteroatoms. The van der Waals surface area contributed by atoms with Crippen LogP contribution in [0.25, 0.3) is 11.5 Å². The third kappa shape index (κ3) is 5.57. The first-order valence-electron chi connectivity index (χ1n) is 8.57. The molecule has 0 amide bonds. The van der Waals surface area contributed by atoms with Crippen LogP contribution in [0.15, 0.2) is 70.3 Å². The molecule has 140 valence electrons. The van der Waals surface area contributed by atoms with Crippen LogP contribution < -0.4 is 15.4 Å². The van der Waals surface area contributed by atoms with E-state index in [0.717, 1.165) is 11.3 Å². The molecule has 0 aliphatic carbocycles. The van der Waals surface area contributed by atoms with E-state index in [1.807, 2.05) is 30.3 Å². The summed E-state index contributed by atoms with van der Waals surface area (Å²) in [5, 5.41) is 6.28.